The van der Waals surface area contributed by atoms with E-state index in [1.165, 1.54) is 25.2 Å². The lowest BCUT2D eigenvalue weighted by Crippen LogP contribution is -2.29. The zero-order valence-corrected chi connectivity index (χ0v) is 19.1. The number of ketones is 1. The number of halogens is 1. The molecular weight excluding hydrogens is 442 g/mol. The van der Waals surface area contributed by atoms with E-state index < -0.39 is 17.7 Å². The van der Waals surface area contributed by atoms with Gasteiger partial charge in [-0.15, -0.1) is 0 Å². The monoisotopic (exact) mass is 463 g/mol. The average Bonchev–Trinajstić information content (AvgIpc) is 3.09. The van der Waals surface area contributed by atoms with Crippen molar-refractivity contribution in [3.05, 3.63) is 94.0 Å². The number of hydrogen-bond acceptors (Lipinski definition) is 5. The van der Waals surface area contributed by atoms with Crippen molar-refractivity contribution in [3.8, 4) is 11.5 Å². The van der Waals surface area contributed by atoms with E-state index >= 15 is 0 Å². The number of aliphatic hydroxyl groups is 1. The van der Waals surface area contributed by atoms with Gasteiger partial charge in [0.2, 0.25) is 0 Å². The van der Waals surface area contributed by atoms with E-state index in [4.69, 9.17) is 21.1 Å². The molecule has 1 N–H and O–H groups in total. The van der Waals surface area contributed by atoms with Crippen molar-refractivity contribution >= 4 is 34.7 Å². The number of carbonyl (C=O) groups excluding carboxylic acids is 2. The van der Waals surface area contributed by atoms with Gasteiger partial charge < -0.3 is 14.6 Å². The number of methoxy groups -OCH3 is 2. The minimum absolute atomic E-state index is 0.0459. The summed E-state index contributed by atoms with van der Waals surface area (Å²) in [4.78, 5) is 27.9. The highest BCUT2D eigenvalue weighted by Crippen LogP contribution is 2.45. The van der Waals surface area contributed by atoms with Gasteiger partial charge in [0, 0.05) is 16.8 Å². The molecule has 0 radical (unpaired) electrons. The molecule has 1 saturated heterocycles. The Morgan fingerprint density at radius 1 is 0.939 bits per heavy atom. The highest BCUT2D eigenvalue weighted by molar-refractivity contribution is 6.51. The third-order valence-electron chi connectivity index (χ3n) is 5.58. The number of benzene rings is 3. The fourth-order valence-corrected chi connectivity index (χ4v) is 4.22. The number of amides is 1. The number of aryl methyl sites for hydroxylation is 1. The normalized spacial score (nSPS) is 17.3. The summed E-state index contributed by atoms with van der Waals surface area (Å²) in [6.45, 7) is 1.90. The molecule has 1 unspecified atom stereocenters. The van der Waals surface area contributed by atoms with Crippen LogP contribution in [0, 0.1) is 6.92 Å². The number of carbonyl (C=O) groups is 2. The summed E-state index contributed by atoms with van der Waals surface area (Å²) in [6.07, 6.45) is 0. The number of anilines is 1. The molecule has 1 aliphatic heterocycles. The summed E-state index contributed by atoms with van der Waals surface area (Å²) in [5.74, 6) is -1.03. The van der Waals surface area contributed by atoms with Crippen LogP contribution in [0.1, 0.15) is 22.7 Å². The van der Waals surface area contributed by atoms with Crippen molar-refractivity contribution in [2.24, 2.45) is 0 Å². The number of rotatable bonds is 5. The smallest absolute Gasteiger partial charge is 0.300 e. The van der Waals surface area contributed by atoms with E-state index in [2.05, 4.69) is 0 Å². The molecular formula is C26H22ClNO5. The van der Waals surface area contributed by atoms with Crippen LogP contribution in [-0.2, 0) is 9.59 Å². The SMILES string of the molecule is COc1cc(/C(O)=C2\C(=O)C(=O)N(c3cccc(C)c3)C2c2ccccc2OC)ccc1Cl. The van der Waals surface area contributed by atoms with Crippen LogP contribution in [0.3, 0.4) is 0 Å². The molecule has 0 aromatic heterocycles. The molecule has 1 atom stereocenters. The predicted octanol–water partition coefficient (Wildman–Crippen LogP) is 5.29. The Hall–Kier alpha value is -3.77. The van der Waals surface area contributed by atoms with Gasteiger partial charge in [0.05, 0.1) is 30.9 Å². The number of ether oxygens (including phenoxy) is 2. The predicted molar refractivity (Wildman–Crippen MR) is 127 cm³/mol. The fourth-order valence-electron chi connectivity index (χ4n) is 4.03. The molecule has 1 heterocycles. The molecule has 168 valence electrons. The molecule has 0 saturated carbocycles. The van der Waals surface area contributed by atoms with Gasteiger partial charge in [0.25, 0.3) is 11.7 Å². The molecule has 0 spiro atoms. The molecule has 3 aromatic carbocycles. The van der Waals surface area contributed by atoms with Crippen molar-refractivity contribution in [2.75, 3.05) is 19.1 Å². The summed E-state index contributed by atoms with van der Waals surface area (Å²) in [5, 5.41) is 11.6. The molecule has 7 heteroatoms. The molecule has 0 bridgehead atoms. The van der Waals surface area contributed by atoms with Crippen LogP contribution in [0.2, 0.25) is 5.02 Å². The van der Waals surface area contributed by atoms with Crippen LogP contribution in [-0.4, -0.2) is 31.0 Å². The van der Waals surface area contributed by atoms with Gasteiger partial charge in [0.15, 0.2) is 0 Å². The second kappa shape index (κ2) is 9.00. The molecule has 33 heavy (non-hydrogen) atoms. The third kappa shape index (κ3) is 3.94. The summed E-state index contributed by atoms with van der Waals surface area (Å²) >= 11 is 6.13. The van der Waals surface area contributed by atoms with Crippen molar-refractivity contribution in [3.63, 3.8) is 0 Å². The minimum Gasteiger partial charge on any atom is -0.507 e. The van der Waals surface area contributed by atoms with Gasteiger partial charge in [-0.3, -0.25) is 14.5 Å². The van der Waals surface area contributed by atoms with E-state index in [-0.39, 0.29) is 11.3 Å². The van der Waals surface area contributed by atoms with Gasteiger partial charge >= 0.3 is 0 Å². The van der Waals surface area contributed by atoms with Crippen molar-refractivity contribution in [1.29, 1.82) is 0 Å². The Morgan fingerprint density at radius 3 is 2.36 bits per heavy atom. The van der Waals surface area contributed by atoms with Crippen molar-refractivity contribution in [1.82, 2.24) is 0 Å². The number of Topliss-reactive ketones (excluding diaryl/α,β-unsaturated/α-hetero) is 1. The van der Waals surface area contributed by atoms with Gasteiger partial charge in [-0.2, -0.15) is 0 Å². The Balaban J connectivity index is 1.99. The average molecular weight is 464 g/mol. The maximum atomic E-state index is 13.3. The second-order valence-electron chi connectivity index (χ2n) is 7.60. The zero-order valence-electron chi connectivity index (χ0n) is 18.3. The van der Waals surface area contributed by atoms with Crippen LogP contribution in [0.25, 0.3) is 5.76 Å². The maximum absolute atomic E-state index is 13.3. The van der Waals surface area contributed by atoms with Crippen LogP contribution in [0.5, 0.6) is 11.5 Å². The summed E-state index contributed by atoms with van der Waals surface area (Å²) < 4.78 is 10.8. The Labute approximate surface area is 196 Å². The first kappa shape index (κ1) is 22.4. The number of aliphatic hydroxyl groups excluding tert-OH is 1. The fraction of sp³-hybridized carbons (Fsp3) is 0.154. The molecule has 1 fully saturated rings. The van der Waals surface area contributed by atoms with Gasteiger partial charge in [-0.1, -0.05) is 41.9 Å². The van der Waals surface area contributed by atoms with Gasteiger partial charge in [-0.05, 0) is 48.9 Å². The highest BCUT2D eigenvalue weighted by atomic mass is 35.5. The third-order valence-corrected chi connectivity index (χ3v) is 5.89. The van der Waals surface area contributed by atoms with Crippen LogP contribution >= 0.6 is 11.6 Å². The van der Waals surface area contributed by atoms with Crippen LogP contribution < -0.4 is 14.4 Å². The first-order valence-electron chi connectivity index (χ1n) is 10.2. The lowest BCUT2D eigenvalue weighted by atomic mass is 9.94. The Bertz CT molecular complexity index is 1280. The lowest BCUT2D eigenvalue weighted by Gasteiger charge is -2.27. The van der Waals surface area contributed by atoms with E-state index in [0.29, 0.717) is 33.3 Å². The van der Waals surface area contributed by atoms with Crippen LogP contribution in [0.15, 0.2) is 72.3 Å². The zero-order chi connectivity index (χ0) is 23.7. The highest BCUT2D eigenvalue weighted by Gasteiger charge is 2.48. The van der Waals surface area contributed by atoms with Crippen LogP contribution in [0.4, 0.5) is 5.69 Å². The standard InChI is InChI=1S/C26H22ClNO5/c1-15-7-6-8-17(13-15)28-23(18-9-4-5-10-20(18)32-2)22(25(30)26(28)31)24(29)16-11-12-19(27)21(14-16)33-3/h4-14,23,29H,1-3H3/b24-22+. The van der Waals surface area contributed by atoms with E-state index in [1.54, 1.807) is 42.5 Å². The molecule has 0 aliphatic carbocycles. The van der Waals surface area contributed by atoms with Crippen molar-refractivity contribution < 1.29 is 24.2 Å². The quantitative estimate of drug-likeness (QED) is 0.316. The molecule has 1 amide bonds. The first-order chi connectivity index (χ1) is 15.9. The number of para-hydroxylation sites is 1. The molecule has 4 rings (SSSR count). The topological polar surface area (TPSA) is 76.1 Å². The molecule has 6 nitrogen and oxygen atoms in total. The van der Waals surface area contributed by atoms with E-state index in [0.717, 1.165) is 5.56 Å². The Kier molecular flexibility index (Phi) is 6.11. The minimum atomic E-state index is -0.898. The van der Waals surface area contributed by atoms with Gasteiger partial charge in [-0.25, -0.2) is 0 Å². The van der Waals surface area contributed by atoms with Crippen molar-refractivity contribution in [2.45, 2.75) is 13.0 Å². The molecule has 1 aliphatic rings. The van der Waals surface area contributed by atoms with E-state index in [1.807, 2.05) is 25.1 Å². The molecule has 3 aromatic rings. The second-order valence-corrected chi connectivity index (χ2v) is 8.01. The number of nitrogens with zero attached hydrogens (tertiary/aromatic N) is 1. The lowest BCUT2D eigenvalue weighted by molar-refractivity contribution is -0.132. The maximum Gasteiger partial charge on any atom is 0.300 e. The number of hydrogen-bond donors (Lipinski definition) is 1. The summed E-state index contributed by atoms with van der Waals surface area (Å²) in [7, 11) is 2.97. The summed E-state index contributed by atoms with van der Waals surface area (Å²) in [5.41, 5.74) is 2.30. The largest absolute Gasteiger partial charge is 0.507 e. The summed E-state index contributed by atoms with van der Waals surface area (Å²) in [6, 6.07) is 18.1. The Morgan fingerprint density at radius 2 is 1.67 bits per heavy atom. The first-order valence-corrected chi connectivity index (χ1v) is 10.6. The van der Waals surface area contributed by atoms with E-state index in [9.17, 15) is 14.7 Å². The van der Waals surface area contributed by atoms with Gasteiger partial charge in [0.1, 0.15) is 17.3 Å².